The van der Waals surface area contributed by atoms with Crippen LogP contribution in [0, 0.1) is 5.41 Å². The van der Waals surface area contributed by atoms with Crippen LogP contribution in [0.5, 0.6) is 0 Å². The maximum Gasteiger partial charge on any atom is 0.327 e. The first-order chi connectivity index (χ1) is 6.07. The van der Waals surface area contributed by atoms with Gasteiger partial charge in [-0.15, -0.1) is 0 Å². The van der Waals surface area contributed by atoms with Gasteiger partial charge in [0.25, 0.3) is 0 Å². The Labute approximate surface area is 75.6 Å². The molecule has 5 nitrogen and oxygen atoms in total. The van der Waals surface area contributed by atoms with Gasteiger partial charge in [0, 0.05) is 13.3 Å². The van der Waals surface area contributed by atoms with E-state index in [1.54, 1.807) is 27.1 Å². The van der Waals surface area contributed by atoms with Gasteiger partial charge in [-0.25, -0.2) is 9.79 Å². The second kappa shape index (κ2) is 3.38. The van der Waals surface area contributed by atoms with Gasteiger partial charge in [-0.3, -0.25) is 4.57 Å². The third kappa shape index (κ3) is 1.58. The summed E-state index contributed by atoms with van der Waals surface area (Å²) in [5.41, 5.74) is 0.533. The molecule has 0 saturated carbocycles. The van der Waals surface area contributed by atoms with Crippen molar-refractivity contribution in [1.29, 1.82) is 5.41 Å². The van der Waals surface area contributed by atoms with Gasteiger partial charge in [-0.1, -0.05) is 0 Å². The third-order valence-electron chi connectivity index (χ3n) is 1.70. The lowest BCUT2D eigenvalue weighted by atomic mass is 10.3. The average Bonchev–Trinajstić information content (AvgIpc) is 2.33. The minimum absolute atomic E-state index is 0.248. The number of imidazole rings is 1. The van der Waals surface area contributed by atoms with Crippen molar-refractivity contribution < 1.29 is 0 Å². The highest BCUT2D eigenvalue weighted by atomic mass is 16.1. The molecule has 0 aliphatic heterocycles. The zero-order chi connectivity index (χ0) is 10.0. The molecule has 0 aliphatic rings. The molecule has 13 heavy (non-hydrogen) atoms. The summed E-state index contributed by atoms with van der Waals surface area (Å²) in [4.78, 5) is 17.8. The maximum atomic E-state index is 11.2. The van der Waals surface area contributed by atoms with Crippen molar-refractivity contribution in [3.8, 4) is 0 Å². The van der Waals surface area contributed by atoms with E-state index in [9.17, 15) is 4.79 Å². The quantitative estimate of drug-likeness (QED) is 0.650. The number of nitrogens with zero attached hydrogens (tertiary/aromatic N) is 2. The zero-order valence-corrected chi connectivity index (χ0v) is 7.88. The molecule has 0 aromatic carbocycles. The van der Waals surface area contributed by atoms with Crippen molar-refractivity contribution in [1.82, 2.24) is 9.55 Å². The number of aromatic amines is 1. The number of aliphatic imine (C=N–C) groups is 1. The average molecular weight is 180 g/mol. The number of hydrogen-bond donors (Lipinski definition) is 2. The monoisotopic (exact) mass is 180 g/mol. The van der Waals surface area contributed by atoms with Gasteiger partial charge in [-0.05, 0) is 13.8 Å². The third-order valence-corrected chi connectivity index (χ3v) is 1.70. The molecular formula is C8H12N4O. The van der Waals surface area contributed by atoms with Crippen LogP contribution in [0.25, 0.3) is 0 Å². The highest BCUT2D eigenvalue weighted by Crippen LogP contribution is 2.13. The fraction of sp³-hybridized carbons (Fsp3) is 0.375. The molecule has 0 fully saturated rings. The van der Waals surface area contributed by atoms with Gasteiger partial charge < -0.3 is 10.4 Å². The maximum absolute atomic E-state index is 11.2. The molecule has 5 heteroatoms. The first-order valence-corrected chi connectivity index (χ1v) is 3.91. The van der Waals surface area contributed by atoms with Gasteiger partial charge in [0.05, 0.1) is 5.71 Å². The van der Waals surface area contributed by atoms with Gasteiger partial charge >= 0.3 is 5.69 Å². The number of H-pyrrole nitrogens is 1. The molecule has 1 rings (SSSR count). The topological polar surface area (TPSA) is 74.0 Å². The Hall–Kier alpha value is -1.65. The molecule has 70 valence electrons. The number of aromatic nitrogens is 2. The molecule has 2 N–H and O–H groups in total. The summed E-state index contributed by atoms with van der Waals surface area (Å²) in [6.07, 6.45) is 1.59. The predicted molar refractivity (Wildman–Crippen MR) is 52.4 cm³/mol. The van der Waals surface area contributed by atoms with Crippen LogP contribution in [0.2, 0.25) is 0 Å². The Morgan fingerprint density at radius 3 is 2.77 bits per heavy atom. The molecule has 1 aromatic heterocycles. The second-order valence-electron chi connectivity index (χ2n) is 2.70. The van der Waals surface area contributed by atoms with Crippen LogP contribution in [0.1, 0.15) is 19.5 Å². The minimum Gasteiger partial charge on any atom is -0.303 e. The van der Waals surface area contributed by atoms with Crippen molar-refractivity contribution in [2.75, 3.05) is 0 Å². The highest BCUT2D eigenvalue weighted by Gasteiger charge is 2.10. The van der Waals surface area contributed by atoms with Crippen LogP contribution in [0.4, 0.5) is 5.82 Å². The first-order valence-electron chi connectivity index (χ1n) is 3.91. The van der Waals surface area contributed by atoms with Crippen molar-refractivity contribution >= 4 is 17.7 Å². The van der Waals surface area contributed by atoms with Crippen LogP contribution in [0.15, 0.2) is 9.79 Å². The molecule has 0 bridgehead atoms. The highest BCUT2D eigenvalue weighted by molar-refractivity contribution is 5.98. The van der Waals surface area contributed by atoms with E-state index in [0.717, 1.165) is 0 Å². The summed E-state index contributed by atoms with van der Waals surface area (Å²) in [5.74, 6) is 0.500. The summed E-state index contributed by atoms with van der Waals surface area (Å²) >= 11 is 0. The standard InChI is InChI=1S/C8H12N4O/c1-4-10-7-6(5(2)9)11-8(13)12(7)3/h4,9H,1-3H3,(H,11,13)/b9-5?,10-4-. The molecule has 0 radical (unpaired) electrons. The summed E-state index contributed by atoms with van der Waals surface area (Å²) in [6.45, 7) is 3.38. The number of hydrogen-bond acceptors (Lipinski definition) is 3. The van der Waals surface area contributed by atoms with E-state index in [2.05, 4.69) is 9.98 Å². The first kappa shape index (κ1) is 9.44. The van der Waals surface area contributed by atoms with E-state index in [0.29, 0.717) is 17.2 Å². The zero-order valence-electron chi connectivity index (χ0n) is 7.88. The SMILES string of the molecule is C/C=N\c1c(C(C)=N)[nH]c(=O)n1C. The lowest BCUT2D eigenvalue weighted by Gasteiger charge is -1.96. The van der Waals surface area contributed by atoms with Crippen molar-refractivity contribution in [2.24, 2.45) is 12.0 Å². The Balaban J connectivity index is 3.44. The molecule has 0 aliphatic carbocycles. The summed E-state index contributed by atoms with van der Waals surface area (Å²) in [6, 6.07) is 0. The van der Waals surface area contributed by atoms with Gasteiger partial charge in [0.15, 0.2) is 5.82 Å². The lowest BCUT2D eigenvalue weighted by Crippen LogP contribution is -2.12. The van der Waals surface area contributed by atoms with Gasteiger partial charge in [0.2, 0.25) is 0 Å². The Bertz CT molecular complexity index is 410. The molecule has 0 unspecified atom stereocenters. The summed E-state index contributed by atoms with van der Waals surface area (Å²) in [7, 11) is 1.62. The van der Waals surface area contributed by atoms with Crippen molar-refractivity contribution in [3.63, 3.8) is 0 Å². The molecule has 0 saturated heterocycles. The molecule has 0 spiro atoms. The van der Waals surface area contributed by atoms with E-state index in [1.807, 2.05) is 0 Å². The van der Waals surface area contributed by atoms with Crippen LogP contribution in [-0.2, 0) is 7.05 Å². The van der Waals surface area contributed by atoms with Gasteiger partial charge in [-0.2, -0.15) is 0 Å². The second-order valence-corrected chi connectivity index (χ2v) is 2.70. The van der Waals surface area contributed by atoms with Crippen LogP contribution >= 0.6 is 0 Å². The largest absolute Gasteiger partial charge is 0.327 e. The minimum atomic E-state index is -0.248. The van der Waals surface area contributed by atoms with Crippen molar-refractivity contribution in [3.05, 3.63) is 16.2 Å². The number of nitrogens with one attached hydrogen (secondary N) is 2. The van der Waals surface area contributed by atoms with E-state index in [4.69, 9.17) is 5.41 Å². The van der Waals surface area contributed by atoms with E-state index in [-0.39, 0.29) is 5.69 Å². The lowest BCUT2D eigenvalue weighted by molar-refractivity contribution is 0.863. The number of rotatable bonds is 2. The fourth-order valence-electron chi connectivity index (χ4n) is 1.05. The molecule has 1 heterocycles. The molecule has 0 amide bonds. The van der Waals surface area contributed by atoms with E-state index >= 15 is 0 Å². The van der Waals surface area contributed by atoms with Gasteiger partial charge in [0.1, 0.15) is 5.69 Å². The molecule has 1 aromatic rings. The molecule has 0 atom stereocenters. The van der Waals surface area contributed by atoms with Crippen LogP contribution in [0.3, 0.4) is 0 Å². The predicted octanol–water partition coefficient (Wildman–Crippen LogP) is 0.823. The van der Waals surface area contributed by atoms with Crippen LogP contribution < -0.4 is 5.69 Å². The molecular weight excluding hydrogens is 168 g/mol. The summed E-state index contributed by atoms with van der Waals surface area (Å²) < 4.78 is 1.38. The smallest absolute Gasteiger partial charge is 0.303 e. The Morgan fingerprint density at radius 2 is 2.31 bits per heavy atom. The fourth-order valence-corrected chi connectivity index (χ4v) is 1.05. The Morgan fingerprint density at radius 1 is 1.69 bits per heavy atom. The van der Waals surface area contributed by atoms with E-state index in [1.165, 1.54) is 4.57 Å². The van der Waals surface area contributed by atoms with Crippen molar-refractivity contribution in [2.45, 2.75) is 13.8 Å². The normalized spacial score (nSPS) is 11.0. The van der Waals surface area contributed by atoms with E-state index < -0.39 is 0 Å². The Kier molecular flexibility index (Phi) is 2.46. The van der Waals surface area contributed by atoms with Crippen LogP contribution in [-0.4, -0.2) is 21.5 Å². The summed E-state index contributed by atoms with van der Waals surface area (Å²) in [5, 5.41) is 7.41.